The van der Waals surface area contributed by atoms with Crippen molar-refractivity contribution in [3.05, 3.63) is 66.2 Å². The molecular formula is C17H19NO2. The van der Waals surface area contributed by atoms with Gasteiger partial charge in [0.25, 0.3) is 5.90 Å². The highest BCUT2D eigenvalue weighted by Gasteiger charge is 2.13. The van der Waals surface area contributed by atoms with E-state index in [0.29, 0.717) is 5.90 Å². The van der Waals surface area contributed by atoms with E-state index in [9.17, 15) is 0 Å². The lowest BCUT2D eigenvalue weighted by Gasteiger charge is -2.17. The van der Waals surface area contributed by atoms with Crippen LogP contribution < -0.4 is 4.74 Å². The second-order valence-electron chi connectivity index (χ2n) is 5.38. The third-order valence-corrected chi connectivity index (χ3v) is 2.38. The molecule has 2 rings (SSSR count). The number of para-hydroxylation sites is 1. The largest absolute Gasteiger partial charge is 0.436 e. The van der Waals surface area contributed by atoms with Crippen molar-refractivity contribution >= 4 is 5.90 Å². The normalized spacial score (nSPS) is 12.1. The van der Waals surface area contributed by atoms with Gasteiger partial charge in [-0.2, -0.15) is 0 Å². The molecule has 0 saturated carbocycles. The molecule has 0 radical (unpaired) electrons. The van der Waals surface area contributed by atoms with Crippen LogP contribution in [0.2, 0.25) is 0 Å². The van der Waals surface area contributed by atoms with Crippen LogP contribution in [0, 0.1) is 0 Å². The van der Waals surface area contributed by atoms with Gasteiger partial charge >= 0.3 is 0 Å². The highest BCUT2D eigenvalue weighted by Crippen LogP contribution is 2.14. The van der Waals surface area contributed by atoms with Crippen molar-refractivity contribution in [2.24, 2.45) is 5.16 Å². The van der Waals surface area contributed by atoms with Gasteiger partial charge in [0, 0.05) is 5.56 Å². The summed E-state index contributed by atoms with van der Waals surface area (Å²) in [4.78, 5) is 5.48. The molecule has 0 fully saturated rings. The number of benzene rings is 2. The van der Waals surface area contributed by atoms with E-state index in [-0.39, 0.29) is 5.60 Å². The van der Waals surface area contributed by atoms with Crippen LogP contribution in [0.4, 0.5) is 0 Å². The smallest absolute Gasteiger partial charge is 0.263 e. The molecule has 0 atom stereocenters. The molecule has 0 heterocycles. The molecule has 0 aliphatic rings. The molecule has 0 N–H and O–H groups in total. The molecule has 104 valence electrons. The molecule has 20 heavy (non-hydrogen) atoms. The molecule has 0 aliphatic carbocycles. The van der Waals surface area contributed by atoms with Crippen molar-refractivity contribution in [1.29, 1.82) is 0 Å². The van der Waals surface area contributed by atoms with Gasteiger partial charge in [-0.15, -0.1) is 0 Å². The topological polar surface area (TPSA) is 30.8 Å². The first kappa shape index (κ1) is 14.1. The standard InChI is InChI=1S/C17H19NO2/c1-17(2,3)20-18-16(14-10-6-4-7-11-14)19-15-12-8-5-9-13-15/h4-13H,1-3H3/b18-16+. The summed E-state index contributed by atoms with van der Waals surface area (Å²) < 4.78 is 5.82. The average molecular weight is 269 g/mol. The number of nitrogens with zero attached hydrogens (tertiary/aromatic N) is 1. The molecular weight excluding hydrogens is 250 g/mol. The number of hydrogen-bond acceptors (Lipinski definition) is 3. The SMILES string of the molecule is CC(C)(C)O/N=C(/Oc1ccccc1)c1ccccc1. The summed E-state index contributed by atoms with van der Waals surface area (Å²) >= 11 is 0. The van der Waals surface area contributed by atoms with E-state index in [2.05, 4.69) is 5.16 Å². The molecule has 0 bridgehead atoms. The predicted octanol–water partition coefficient (Wildman–Crippen LogP) is 4.24. The van der Waals surface area contributed by atoms with Gasteiger partial charge in [0.1, 0.15) is 11.4 Å². The second kappa shape index (κ2) is 6.24. The predicted molar refractivity (Wildman–Crippen MR) is 80.9 cm³/mol. The van der Waals surface area contributed by atoms with Gasteiger partial charge in [-0.1, -0.05) is 36.4 Å². The van der Waals surface area contributed by atoms with Crippen LogP contribution in [-0.2, 0) is 4.84 Å². The Labute approximate surface area is 119 Å². The molecule has 0 amide bonds. The van der Waals surface area contributed by atoms with Gasteiger partial charge in [0.2, 0.25) is 0 Å². The average Bonchev–Trinajstić information content (AvgIpc) is 2.44. The molecule has 0 saturated heterocycles. The Bertz CT molecular complexity index is 557. The summed E-state index contributed by atoms with van der Waals surface area (Å²) in [5.74, 6) is 1.18. The van der Waals surface area contributed by atoms with E-state index in [1.807, 2.05) is 81.4 Å². The van der Waals surface area contributed by atoms with Gasteiger partial charge in [-0.3, -0.25) is 0 Å². The van der Waals surface area contributed by atoms with Gasteiger partial charge in [0.05, 0.1) is 0 Å². The van der Waals surface area contributed by atoms with E-state index in [1.54, 1.807) is 0 Å². The lowest BCUT2D eigenvalue weighted by atomic mass is 10.2. The summed E-state index contributed by atoms with van der Waals surface area (Å²) in [7, 11) is 0. The maximum absolute atomic E-state index is 5.82. The van der Waals surface area contributed by atoms with Crippen LogP contribution in [0.1, 0.15) is 26.3 Å². The van der Waals surface area contributed by atoms with E-state index in [4.69, 9.17) is 9.57 Å². The molecule has 2 aromatic carbocycles. The minimum atomic E-state index is -0.361. The van der Waals surface area contributed by atoms with E-state index in [1.165, 1.54) is 0 Å². The lowest BCUT2D eigenvalue weighted by molar-refractivity contribution is -0.00152. The Hall–Kier alpha value is -2.29. The molecule has 0 aromatic heterocycles. The molecule has 3 nitrogen and oxygen atoms in total. The zero-order chi connectivity index (χ0) is 14.4. The minimum absolute atomic E-state index is 0.361. The molecule has 3 heteroatoms. The molecule has 2 aromatic rings. The fourth-order valence-corrected chi connectivity index (χ4v) is 1.49. The number of hydrogen-bond donors (Lipinski definition) is 0. The summed E-state index contributed by atoms with van der Waals surface area (Å²) in [5, 5.41) is 4.15. The fraction of sp³-hybridized carbons (Fsp3) is 0.235. The molecule has 0 spiro atoms. The van der Waals surface area contributed by atoms with Crippen molar-refractivity contribution in [3.63, 3.8) is 0 Å². The van der Waals surface area contributed by atoms with Crippen molar-refractivity contribution in [1.82, 2.24) is 0 Å². The van der Waals surface area contributed by atoms with Crippen molar-refractivity contribution in [3.8, 4) is 5.75 Å². The lowest BCUT2D eigenvalue weighted by Crippen LogP contribution is -2.19. The van der Waals surface area contributed by atoms with Gasteiger partial charge < -0.3 is 9.57 Å². The van der Waals surface area contributed by atoms with Crippen LogP contribution >= 0.6 is 0 Å². The Kier molecular flexibility index (Phi) is 4.41. The highest BCUT2D eigenvalue weighted by molar-refractivity contribution is 5.95. The third-order valence-electron chi connectivity index (χ3n) is 2.38. The van der Waals surface area contributed by atoms with Gasteiger partial charge in [-0.05, 0) is 50.2 Å². The second-order valence-corrected chi connectivity index (χ2v) is 5.38. The van der Waals surface area contributed by atoms with Crippen molar-refractivity contribution < 1.29 is 9.57 Å². The quantitative estimate of drug-likeness (QED) is 0.474. The van der Waals surface area contributed by atoms with Crippen LogP contribution in [0.5, 0.6) is 5.75 Å². The first-order valence-electron chi connectivity index (χ1n) is 6.59. The first-order chi connectivity index (χ1) is 9.54. The van der Waals surface area contributed by atoms with E-state index >= 15 is 0 Å². The zero-order valence-corrected chi connectivity index (χ0v) is 12.0. The van der Waals surface area contributed by atoms with Crippen molar-refractivity contribution in [2.45, 2.75) is 26.4 Å². The summed E-state index contributed by atoms with van der Waals surface area (Å²) in [6, 6.07) is 19.3. The van der Waals surface area contributed by atoms with E-state index < -0.39 is 0 Å². The number of rotatable bonds is 3. The summed E-state index contributed by atoms with van der Waals surface area (Å²) in [5.41, 5.74) is 0.515. The van der Waals surface area contributed by atoms with Gasteiger partial charge in [-0.25, -0.2) is 0 Å². The summed E-state index contributed by atoms with van der Waals surface area (Å²) in [6.07, 6.45) is 0. The molecule has 0 unspecified atom stereocenters. The number of ether oxygens (including phenoxy) is 1. The zero-order valence-electron chi connectivity index (χ0n) is 12.0. The third kappa shape index (κ3) is 4.43. The Morgan fingerprint density at radius 2 is 1.40 bits per heavy atom. The first-order valence-corrected chi connectivity index (χ1v) is 6.59. The van der Waals surface area contributed by atoms with Crippen LogP contribution in [0.3, 0.4) is 0 Å². The van der Waals surface area contributed by atoms with Crippen LogP contribution in [0.15, 0.2) is 65.8 Å². The van der Waals surface area contributed by atoms with E-state index in [0.717, 1.165) is 11.3 Å². The number of oxime groups is 1. The Morgan fingerprint density at radius 3 is 1.95 bits per heavy atom. The summed E-state index contributed by atoms with van der Waals surface area (Å²) in [6.45, 7) is 5.84. The maximum Gasteiger partial charge on any atom is 0.263 e. The Balaban J connectivity index is 2.25. The maximum atomic E-state index is 5.82. The Morgan fingerprint density at radius 1 is 0.850 bits per heavy atom. The van der Waals surface area contributed by atoms with Crippen LogP contribution in [0.25, 0.3) is 0 Å². The monoisotopic (exact) mass is 269 g/mol. The van der Waals surface area contributed by atoms with Crippen LogP contribution in [-0.4, -0.2) is 11.5 Å². The highest BCUT2D eigenvalue weighted by atomic mass is 16.7. The van der Waals surface area contributed by atoms with Crippen molar-refractivity contribution in [2.75, 3.05) is 0 Å². The van der Waals surface area contributed by atoms with Gasteiger partial charge in [0.15, 0.2) is 0 Å². The fourth-order valence-electron chi connectivity index (χ4n) is 1.49. The minimum Gasteiger partial charge on any atom is -0.436 e. The molecule has 0 aliphatic heterocycles.